The van der Waals surface area contributed by atoms with Crippen molar-refractivity contribution < 1.29 is 4.42 Å². The minimum atomic E-state index is 0.0865. The summed E-state index contributed by atoms with van der Waals surface area (Å²) in [6, 6.07) is 10.1. The van der Waals surface area contributed by atoms with E-state index >= 15 is 0 Å². The largest absolute Gasteiger partial charge is 0.457 e. The zero-order valence-corrected chi connectivity index (χ0v) is 13.0. The third-order valence-electron chi connectivity index (χ3n) is 3.37. The monoisotopic (exact) mass is 305 g/mol. The lowest BCUT2D eigenvalue weighted by Gasteiger charge is -2.15. The highest BCUT2D eigenvalue weighted by Gasteiger charge is 2.21. The average molecular weight is 306 g/mol. The highest BCUT2D eigenvalue weighted by Crippen LogP contribution is 2.34. The molecule has 0 saturated heterocycles. The Balaban J connectivity index is 2.10. The number of furan rings is 1. The molecular weight excluding hydrogens is 290 g/mol. The van der Waals surface area contributed by atoms with E-state index < -0.39 is 0 Å². The molecule has 1 atom stereocenters. The van der Waals surface area contributed by atoms with Crippen molar-refractivity contribution in [2.75, 3.05) is 6.54 Å². The van der Waals surface area contributed by atoms with E-state index in [-0.39, 0.29) is 6.04 Å². The molecule has 0 radical (unpaired) electrons. The van der Waals surface area contributed by atoms with Gasteiger partial charge in [0.15, 0.2) is 5.58 Å². The molecule has 0 aliphatic rings. The summed E-state index contributed by atoms with van der Waals surface area (Å²) in [6.07, 6.45) is 0. The van der Waals surface area contributed by atoms with Crippen molar-refractivity contribution >= 4 is 33.9 Å². The Bertz CT molecular complexity index is 731. The van der Waals surface area contributed by atoms with Crippen LogP contribution in [-0.2, 0) is 0 Å². The molecule has 0 saturated carbocycles. The molecule has 3 aromatic rings. The number of hydrogen-bond acceptors (Lipinski definition) is 3. The first-order valence-electron chi connectivity index (χ1n) is 6.66. The van der Waals surface area contributed by atoms with Crippen LogP contribution < -0.4 is 5.32 Å². The first-order chi connectivity index (χ1) is 9.70. The zero-order valence-electron chi connectivity index (χ0n) is 11.4. The number of thiophene rings is 1. The summed E-state index contributed by atoms with van der Waals surface area (Å²) >= 11 is 7.95. The maximum Gasteiger partial charge on any atom is 0.152 e. The molecule has 3 rings (SSSR count). The van der Waals surface area contributed by atoms with Gasteiger partial charge in [-0.2, -0.15) is 0 Å². The third-order valence-corrected chi connectivity index (χ3v) is 4.75. The van der Waals surface area contributed by atoms with Gasteiger partial charge in [0, 0.05) is 10.3 Å². The van der Waals surface area contributed by atoms with Crippen LogP contribution in [-0.4, -0.2) is 6.54 Å². The topological polar surface area (TPSA) is 25.2 Å². The number of nitrogens with one attached hydrogen (secondary N) is 1. The minimum Gasteiger partial charge on any atom is -0.457 e. The molecule has 0 spiro atoms. The van der Waals surface area contributed by atoms with E-state index in [0.717, 1.165) is 23.3 Å². The van der Waals surface area contributed by atoms with Gasteiger partial charge in [-0.15, -0.1) is 11.3 Å². The molecule has 2 heterocycles. The van der Waals surface area contributed by atoms with Crippen LogP contribution in [0.3, 0.4) is 0 Å². The lowest BCUT2D eigenvalue weighted by atomic mass is 10.1. The molecule has 1 unspecified atom stereocenters. The summed E-state index contributed by atoms with van der Waals surface area (Å²) in [5.41, 5.74) is 2.05. The van der Waals surface area contributed by atoms with Gasteiger partial charge in [0.1, 0.15) is 11.8 Å². The molecule has 4 heteroatoms. The molecule has 0 aliphatic carbocycles. The Kier molecular flexibility index (Phi) is 3.83. The van der Waals surface area contributed by atoms with Crippen molar-refractivity contribution in [3.63, 3.8) is 0 Å². The maximum atomic E-state index is 6.20. The molecule has 0 amide bonds. The normalized spacial score (nSPS) is 12.9. The third kappa shape index (κ3) is 2.37. The van der Waals surface area contributed by atoms with E-state index in [1.807, 2.05) is 18.2 Å². The summed E-state index contributed by atoms with van der Waals surface area (Å²) < 4.78 is 6.00. The highest BCUT2D eigenvalue weighted by molar-refractivity contribution is 7.10. The van der Waals surface area contributed by atoms with Crippen LogP contribution in [0.4, 0.5) is 0 Å². The van der Waals surface area contributed by atoms with Gasteiger partial charge in [-0.1, -0.05) is 30.7 Å². The van der Waals surface area contributed by atoms with Crippen LogP contribution in [0.5, 0.6) is 0 Å². The summed E-state index contributed by atoms with van der Waals surface area (Å²) in [6.45, 7) is 5.12. The van der Waals surface area contributed by atoms with Gasteiger partial charge in [0.25, 0.3) is 0 Å². The maximum absolute atomic E-state index is 6.20. The van der Waals surface area contributed by atoms with E-state index in [0.29, 0.717) is 5.02 Å². The molecule has 0 bridgehead atoms. The van der Waals surface area contributed by atoms with E-state index in [1.165, 1.54) is 10.4 Å². The van der Waals surface area contributed by atoms with Gasteiger partial charge in [-0.05, 0) is 42.6 Å². The SMILES string of the molecule is CCNC(c1cc2cccc(Cl)c2o1)c1sccc1C. The molecule has 1 N–H and O–H groups in total. The number of halogens is 1. The van der Waals surface area contributed by atoms with Crippen molar-refractivity contribution in [2.45, 2.75) is 19.9 Å². The van der Waals surface area contributed by atoms with E-state index in [2.05, 4.69) is 36.7 Å². The fourth-order valence-electron chi connectivity index (χ4n) is 2.40. The van der Waals surface area contributed by atoms with Crippen molar-refractivity contribution in [2.24, 2.45) is 0 Å². The van der Waals surface area contributed by atoms with Gasteiger partial charge in [0.05, 0.1) is 5.02 Å². The number of fused-ring (bicyclic) bond motifs is 1. The van der Waals surface area contributed by atoms with Gasteiger partial charge < -0.3 is 9.73 Å². The van der Waals surface area contributed by atoms with Crippen LogP contribution >= 0.6 is 22.9 Å². The zero-order chi connectivity index (χ0) is 14.1. The second kappa shape index (κ2) is 5.60. The Morgan fingerprint density at radius 2 is 2.20 bits per heavy atom. The summed E-state index contributed by atoms with van der Waals surface area (Å²) in [5.74, 6) is 0.917. The van der Waals surface area contributed by atoms with Gasteiger partial charge in [0.2, 0.25) is 0 Å². The summed E-state index contributed by atoms with van der Waals surface area (Å²) in [5, 5.41) is 7.32. The molecular formula is C16H16ClNOS. The molecule has 1 aromatic carbocycles. The lowest BCUT2D eigenvalue weighted by molar-refractivity contribution is 0.480. The fourth-order valence-corrected chi connectivity index (χ4v) is 3.63. The predicted molar refractivity (Wildman–Crippen MR) is 85.8 cm³/mol. The van der Waals surface area contributed by atoms with Crippen LogP contribution in [0.25, 0.3) is 11.0 Å². The number of aryl methyl sites for hydroxylation is 1. The molecule has 0 aliphatic heterocycles. The first-order valence-corrected chi connectivity index (χ1v) is 7.91. The Morgan fingerprint density at radius 3 is 2.85 bits per heavy atom. The van der Waals surface area contributed by atoms with Crippen LogP contribution in [0.15, 0.2) is 40.1 Å². The lowest BCUT2D eigenvalue weighted by Crippen LogP contribution is -2.21. The first kappa shape index (κ1) is 13.7. The summed E-state index contributed by atoms with van der Waals surface area (Å²) in [7, 11) is 0. The molecule has 0 fully saturated rings. The van der Waals surface area contributed by atoms with Gasteiger partial charge >= 0.3 is 0 Å². The van der Waals surface area contributed by atoms with E-state index in [4.69, 9.17) is 16.0 Å². The van der Waals surface area contributed by atoms with E-state index in [9.17, 15) is 0 Å². The Labute approximate surface area is 127 Å². The van der Waals surface area contributed by atoms with Gasteiger partial charge in [-0.3, -0.25) is 0 Å². The Morgan fingerprint density at radius 1 is 1.35 bits per heavy atom. The fraction of sp³-hybridized carbons (Fsp3) is 0.250. The van der Waals surface area contributed by atoms with Gasteiger partial charge in [-0.25, -0.2) is 0 Å². The van der Waals surface area contributed by atoms with Crippen LogP contribution in [0.2, 0.25) is 5.02 Å². The molecule has 2 nitrogen and oxygen atoms in total. The van der Waals surface area contributed by atoms with Crippen LogP contribution in [0.1, 0.15) is 29.2 Å². The number of hydrogen-bond donors (Lipinski definition) is 1. The van der Waals surface area contributed by atoms with Crippen molar-refractivity contribution in [3.05, 3.63) is 56.9 Å². The van der Waals surface area contributed by atoms with E-state index in [1.54, 1.807) is 11.3 Å². The molecule has 2 aromatic heterocycles. The average Bonchev–Trinajstić information content (AvgIpc) is 3.03. The second-order valence-corrected chi connectivity index (χ2v) is 6.12. The van der Waals surface area contributed by atoms with Crippen LogP contribution in [0, 0.1) is 6.92 Å². The Hall–Kier alpha value is -1.29. The molecule has 104 valence electrons. The minimum absolute atomic E-state index is 0.0865. The second-order valence-electron chi connectivity index (χ2n) is 4.77. The molecule has 20 heavy (non-hydrogen) atoms. The number of benzene rings is 1. The number of rotatable bonds is 4. The predicted octanol–water partition coefficient (Wildman–Crippen LogP) is 5.16. The summed E-state index contributed by atoms with van der Waals surface area (Å²) in [4.78, 5) is 1.29. The highest BCUT2D eigenvalue weighted by atomic mass is 35.5. The van der Waals surface area contributed by atoms with Crippen molar-refractivity contribution in [1.29, 1.82) is 0 Å². The smallest absolute Gasteiger partial charge is 0.152 e. The standard InChI is InChI=1S/C16H16ClNOS/c1-3-18-14(16-10(2)7-8-20-16)13-9-11-5-4-6-12(17)15(11)19-13/h4-9,14,18H,3H2,1-2H3. The number of para-hydroxylation sites is 1. The quantitative estimate of drug-likeness (QED) is 0.720. The van der Waals surface area contributed by atoms with Crippen molar-refractivity contribution in [3.8, 4) is 0 Å². The van der Waals surface area contributed by atoms with Crippen molar-refractivity contribution in [1.82, 2.24) is 5.32 Å².